The summed E-state index contributed by atoms with van der Waals surface area (Å²) in [6.45, 7) is 1.61. The highest BCUT2D eigenvalue weighted by Crippen LogP contribution is 2.26. The number of rotatable bonds is 5. The highest BCUT2D eigenvalue weighted by molar-refractivity contribution is 7.99. The quantitative estimate of drug-likeness (QED) is 0.661. The first kappa shape index (κ1) is 15.8. The van der Waals surface area contributed by atoms with E-state index in [2.05, 4.69) is 0 Å². The molecule has 0 aromatic heterocycles. The van der Waals surface area contributed by atoms with Crippen LogP contribution in [0.3, 0.4) is 0 Å². The summed E-state index contributed by atoms with van der Waals surface area (Å²) in [6.07, 6.45) is 2.09. The number of thioether (sulfide) groups is 1. The third-order valence-electron chi connectivity index (χ3n) is 3.54. The molecule has 114 valence electrons. The van der Waals surface area contributed by atoms with Crippen LogP contribution in [0.4, 0.5) is 5.69 Å². The highest BCUT2D eigenvalue weighted by atomic mass is 32.2. The summed E-state index contributed by atoms with van der Waals surface area (Å²) >= 11 is 1.79. The Morgan fingerprint density at radius 2 is 2.14 bits per heavy atom. The van der Waals surface area contributed by atoms with Crippen molar-refractivity contribution < 1.29 is 9.72 Å². The van der Waals surface area contributed by atoms with Crippen LogP contribution < -0.4 is 5.73 Å². The van der Waals surface area contributed by atoms with Crippen LogP contribution in [-0.2, 0) is 10.5 Å². The van der Waals surface area contributed by atoms with Gasteiger partial charge in [-0.05, 0) is 18.4 Å². The van der Waals surface area contributed by atoms with Gasteiger partial charge in [0, 0.05) is 36.2 Å². The molecular formula is C14H19N3O3S. The number of hydrogen-bond donors (Lipinski definition) is 1. The van der Waals surface area contributed by atoms with Gasteiger partial charge in [0.15, 0.2) is 0 Å². The Hall–Kier alpha value is -1.60. The molecule has 1 atom stereocenters. The van der Waals surface area contributed by atoms with E-state index in [-0.39, 0.29) is 18.1 Å². The second-order valence-electron chi connectivity index (χ2n) is 5.04. The maximum atomic E-state index is 11.6. The second kappa shape index (κ2) is 7.42. The van der Waals surface area contributed by atoms with E-state index in [4.69, 9.17) is 5.73 Å². The molecule has 1 heterocycles. The lowest BCUT2D eigenvalue weighted by Gasteiger charge is -2.32. The van der Waals surface area contributed by atoms with Crippen molar-refractivity contribution in [2.75, 3.05) is 19.6 Å². The van der Waals surface area contributed by atoms with Crippen LogP contribution >= 0.6 is 11.8 Å². The minimum Gasteiger partial charge on any atom is -0.340 e. The molecule has 7 heteroatoms. The standard InChI is InChI=1S/C14H19N3O3S/c15-8-14(18)16-7-1-2-13(9-16)21-10-11-3-5-12(6-4-11)17(19)20/h3-6,13H,1-2,7-10,15H2. The van der Waals surface area contributed by atoms with Gasteiger partial charge in [-0.2, -0.15) is 11.8 Å². The Balaban J connectivity index is 1.84. The van der Waals surface area contributed by atoms with Crippen molar-refractivity contribution in [1.82, 2.24) is 4.90 Å². The van der Waals surface area contributed by atoms with Gasteiger partial charge in [0.1, 0.15) is 0 Å². The van der Waals surface area contributed by atoms with Gasteiger partial charge in [0.05, 0.1) is 11.5 Å². The average molecular weight is 309 g/mol. The van der Waals surface area contributed by atoms with E-state index in [1.54, 1.807) is 23.9 Å². The van der Waals surface area contributed by atoms with E-state index in [0.29, 0.717) is 5.25 Å². The third-order valence-corrected chi connectivity index (χ3v) is 4.89. The Kier molecular flexibility index (Phi) is 5.58. The van der Waals surface area contributed by atoms with Crippen LogP contribution in [0.15, 0.2) is 24.3 Å². The number of carbonyl (C=O) groups is 1. The molecule has 0 radical (unpaired) electrons. The number of amides is 1. The maximum Gasteiger partial charge on any atom is 0.269 e. The predicted octanol–water partition coefficient (Wildman–Crippen LogP) is 1.78. The van der Waals surface area contributed by atoms with Crippen LogP contribution in [-0.4, -0.2) is 40.6 Å². The molecule has 0 bridgehead atoms. The fraction of sp³-hybridized carbons (Fsp3) is 0.500. The van der Waals surface area contributed by atoms with Crippen LogP contribution in [0.2, 0.25) is 0 Å². The molecule has 21 heavy (non-hydrogen) atoms. The summed E-state index contributed by atoms with van der Waals surface area (Å²) < 4.78 is 0. The monoisotopic (exact) mass is 309 g/mol. The summed E-state index contributed by atoms with van der Waals surface area (Å²) in [6, 6.07) is 6.63. The minimum absolute atomic E-state index is 0.00985. The van der Waals surface area contributed by atoms with Gasteiger partial charge in [-0.25, -0.2) is 0 Å². The topological polar surface area (TPSA) is 89.5 Å². The van der Waals surface area contributed by atoms with Crippen LogP contribution in [0.5, 0.6) is 0 Å². The molecule has 6 nitrogen and oxygen atoms in total. The van der Waals surface area contributed by atoms with Gasteiger partial charge in [-0.1, -0.05) is 12.1 Å². The highest BCUT2D eigenvalue weighted by Gasteiger charge is 2.23. The Bertz CT molecular complexity index is 507. The first-order valence-corrected chi connectivity index (χ1v) is 7.98. The Morgan fingerprint density at radius 1 is 1.43 bits per heavy atom. The van der Waals surface area contributed by atoms with Crippen LogP contribution in [0.1, 0.15) is 18.4 Å². The van der Waals surface area contributed by atoms with Gasteiger partial charge in [0.2, 0.25) is 5.91 Å². The van der Waals surface area contributed by atoms with E-state index in [9.17, 15) is 14.9 Å². The summed E-state index contributed by atoms with van der Waals surface area (Å²) in [5, 5.41) is 11.0. The van der Waals surface area contributed by atoms with Crippen LogP contribution in [0.25, 0.3) is 0 Å². The fourth-order valence-electron chi connectivity index (χ4n) is 2.36. The van der Waals surface area contributed by atoms with Crippen molar-refractivity contribution in [3.05, 3.63) is 39.9 Å². The normalized spacial score (nSPS) is 18.5. The molecule has 1 fully saturated rings. The molecule has 1 amide bonds. The maximum absolute atomic E-state index is 11.6. The number of nitro groups is 1. The molecular weight excluding hydrogens is 290 g/mol. The molecule has 2 rings (SSSR count). The van der Waals surface area contributed by atoms with E-state index >= 15 is 0 Å². The van der Waals surface area contributed by atoms with E-state index in [1.807, 2.05) is 4.90 Å². The van der Waals surface area contributed by atoms with E-state index in [0.717, 1.165) is 37.2 Å². The SMILES string of the molecule is NCC(=O)N1CCCC(SCc2ccc([N+](=O)[O-])cc2)C1. The predicted molar refractivity (Wildman–Crippen MR) is 83.0 cm³/mol. The van der Waals surface area contributed by atoms with Gasteiger partial charge in [-0.3, -0.25) is 14.9 Å². The number of nitrogens with zero attached hydrogens (tertiary/aromatic N) is 2. The lowest BCUT2D eigenvalue weighted by atomic mass is 10.1. The lowest BCUT2D eigenvalue weighted by Crippen LogP contribution is -2.43. The van der Waals surface area contributed by atoms with Gasteiger partial charge >= 0.3 is 0 Å². The molecule has 0 spiro atoms. The smallest absolute Gasteiger partial charge is 0.269 e. The number of non-ortho nitro benzene ring substituents is 1. The van der Waals surface area contributed by atoms with Gasteiger partial charge < -0.3 is 10.6 Å². The van der Waals surface area contributed by atoms with Crippen molar-refractivity contribution in [2.24, 2.45) is 5.73 Å². The zero-order chi connectivity index (χ0) is 15.2. The summed E-state index contributed by atoms with van der Waals surface area (Å²) in [5.74, 6) is 0.809. The van der Waals surface area contributed by atoms with Gasteiger partial charge in [0.25, 0.3) is 5.69 Å². The Morgan fingerprint density at radius 3 is 2.76 bits per heavy atom. The molecule has 1 aromatic rings. The van der Waals surface area contributed by atoms with Crippen molar-refractivity contribution in [2.45, 2.75) is 23.8 Å². The number of carbonyl (C=O) groups excluding carboxylic acids is 1. The number of piperidine rings is 1. The second-order valence-corrected chi connectivity index (χ2v) is 6.33. The molecule has 0 aliphatic carbocycles. The van der Waals surface area contributed by atoms with Crippen molar-refractivity contribution >= 4 is 23.4 Å². The van der Waals surface area contributed by atoms with Crippen molar-refractivity contribution in [3.63, 3.8) is 0 Å². The molecule has 1 saturated heterocycles. The van der Waals surface area contributed by atoms with Gasteiger partial charge in [-0.15, -0.1) is 0 Å². The summed E-state index contributed by atoms with van der Waals surface area (Å²) in [5.41, 5.74) is 6.57. The van der Waals surface area contributed by atoms with Crippen molar-refractivity contribution in [3.8, 4) is 0 Å². The molecule has 1 unspecified atom stereocenters. The molecule has 1 aromatic carbocycles. The minimum atomic E-state index is -0.394. The first-order valence-electron chi connectivity index (χ1n) is 6.93. The number of nitrogens with two attached hydrogens (primary N) is 1. The summed E-state index contributed by atoms with van der Waals surface area (Å²) in [4.78, 5) is 23.7. The molecule has 1 aliphatic heterocycles. The lowest BCUT2D eigenvalue weighted by molar-refractivity contribution is -0.384. The third kappa shape index (κ3) is 4.44. The number of likely N-dealkylation sites (tertiary alicyclic amines) is 1. The van der Waals surface area contributed by atoms with E-state index in [1.165, 1.54) is 12.1 Å². The van der Waals surface area contributed by atoms with E-state index < -0.39 is 4.92 Å². The summed E-state index contributed by atoms with van der Waals surface area (Å²) in [7, 11) is 0. The zero-order valence-corrected chi connectivity index (χ0v) is 12.6. The molecule has 1 aliphatic rings. The van der Waals surface area contributed by atoms with Crippen molar-refractivity contribution in [1.29, 1.82) is 0 Å². The first-order chi connectivity index (χ1) is 10.1. The largest absolute Gasteiger partial charge is 0.340 e. The van der Waals surface area contributed by atoms with Crippen LogP contribution in [0, 0.1) is 10.1 Å². The molecule has 0 saturated carbocycles. The number of nitro benzene ring substituents is 1. The molecule has 2 N–H and O–H groups in total. The zero-order valence-electron chi connectivity index (χ0n) is 11.7. The average Bonchev–Trinajstić information content (AvgIpc) is 2.52. The Labute approximate surface area is 127 Å². The number of benzene rings is 1. The number of hydrogen-bond acceptors (Lipinski definition) is 5. The fourth-order valence-corrected chi connectivity index (χ4v) is 3.60.